The topological polar surface area (TPSA) is 40.5 Å². The maximum absolute atomic E-state index is 10.4. The predicted molar refractivity (Wildman–Crippen MR) is 169 cm³/mol. The van der Waals surface area contributed by atoms with Crippen LogP contribution in [0, 0.1) is 6.92 Å². The summed E-state index contributed by atoms with van der Waals surface area (Å²) in [7, 11) is 0. The number of phenols is 1. The molecule has 0 amide bonds. The molecule has 38 heavy (non-hydrogen) atoms. The van der Waals surface area contributed by atoms with Crippen LogP contribution in [0.15, 0.2) is 12.1 Å². The Morgan fingerprint density at radius 2 is 0.816 bits per heavy atom. The van der Waals surface area contributed by atoms with Crippen LogP contribution >= 0.6 is 0 Å². The molecule has 1 aromatic carbocycles. The monoisotopic (exact) mass is 531 g/mol. The molecule has 0 aromatic heterocycles. The van der Waals surface area contributed by atoms with E-state index in [4.69, 9.17) is 5.11 Å². The zero-order chi connectivity index (χ0) is 27.9. The molecule has 2 nitrogen and oxygen atoms in total. The molecule has 0 heterocycles. The first kappa shape index (κ1) is 35.0. The lowest BCUT2D eigenvalue weighted by molar-refractivity contribution is 0.282. The zero-order valence-electron chi connectivity index (χ0n) is 26.2. The van der Waals surface area contributed by atoms with Crippen LogP contribution < -0.4 is 0 Å². The van der Waals surface area contributed by atoms with Crippen molar-refractivity contribution >= 4 is 0 Å². The van der Waals surface area contributed by atoms with E-state index in [0.29, 0.717) is 12.4 Å². The number of hydrogen-bond donors (Lipinski definition) is 2. The molecule has 0 aliphatic rings. The maximum Gasteiger partial charge on any atom is 0.122 e. The summed E-state index contributed by atoms with van der Waals surface area (Å²) in [6.45, 7) is 8.94. The summed E-state index contributed by atoms with van der Waals surface area (Å²) in [5.74, 6) is 0.482. The number of aliphatic hydroxyl groups excluding tert-OH is 1. The van der Waals surface area contributed by atoms with E-state index in [1.165, 1.54) is 147 Å². The van der Waals surface area contributed by atoms with E-state index >= 15 is 0 Å². The third-order valence-electron chi connectivity index (χ3n) is 8.29. The second-order valence-electron chi connectivity index (χ2n) is 13.2. The van der Waals surface area contributed by atoms with E-state index in [2.05, 4.69) is 32.9 Å². The standard InChI is InChI=1S/C36H66O2/c1-32-30-33(31-34(35(32)38)36(2,3)4)28-26-24-22-20-18-16-14-12-10-8-6-5-7-9-11-13-15-17-19-21-23-25-27-29-37/h30-31,37-38H,5-29H2,1-4H3. The Labute approximate surface area is 238 Å². The number of benzene rings is 1. The molecule has 0 aliphatic heterocycles. The van der Waals surface area contributed by atoms with E-state index in [1.807, 2.05) is 6.92 Å². The van der Waals surface area contributed by atoms with Crippen LogP contribution in [0.5, 0.6) is 5.75 Å². The van der Waals surface area contributed by atoms with Crippen molar-refractivity contribution in [2.45, 2.75) is 187 Å². The number of aryl methyl sites for hydroxylation is 2. The van der Waals surface area contributed by atoms with Crippen molar-refractivity contribution < 1.29 is 10.2 Å². The molecular formula is C36H66O2. The van der Waals surface area contributed by atoms with Gasteiger partial charge in [-0.2, -0.15) is 0 Å². The number of hydrogen-bond acceptors (Lipinski definition) is 2. The minimum Gasteiger partial charge on any atom is -0.507 e. The highest BCUT2D eigenvalue weighted by atomic mass is 16.3. The molecule has 0 unspecified atom stereocenters. The molecule has 0 bridgehead atoms. The number of aromatic hydroxyl groups is 1. The summed E-state index contributed by atoms with van der Waals surface area (Å²) in [5, 5.41) is 19.2. The highest BCUT2D eigenvalue weighted by molar-refractivity contribution is 5.46. The van der Waals surface area contributed by atoms with Crippen molar-refractivity contribution in [3.63, 3.8) is 0 Å². The van der Waals surface area contributed by atoms with Crippen LogP contribution in [-0.4, -0.2) is 16.8 Å². The number of rotatable bonds is 25. The molecule has 0 saturated heterocycles. The molecule has 1 rings (SSSR count). The minimum atomic E-state index is -0.00739. The molecule has 0 atom stereocenters. The first-order valence-corrected chi connectivity index (χ1v) is 16.8. The largest absolute Gasteiger partial charge is 0.507 e. The molecule has 1 aromatic rings. The molecule has 222 valence electrons. The molecule has 0 radical (unpaired) electrons. The molecule has 0 spiro atoms. The van der Waals surface area contributed by atoms with Gasteiger partial charge >= 0.3 is 0 Å². The van der Waals surface area contributed by atoms with Gasteiger partial charge in [-0.25, -0.2) is 0 Å². The Balaban J connectivity index is 1.83. The van der Waals surface area contributed by atoms with E-state index in [-0.39, 0.29) is 5.41 Å². The van der Waals surface area contributed by atoms with Gasteiger partial charge in [0.15, 0.2) is 0 Å². The van der Waals surface area contributed by atoms with Gasteiger partial charge in [0.1, 0.15) is 5.75 Å². The summed E-state index contributed by atoms with van der Waals surface area (Å²) in [6, 6.07) is 4.41. The van der Waals surface area contributed by atoms with Gasteiger partial charge in [0.25, 0.3) is 0 Å². The Morgan fingerprint density at radius 3 is 1.13 bits per heavy atom. The lowest BCUT2D eigenvalue weighted by Crippen LogP contribution is -2.12. The van der Waals surface area contributed by atoms with Gasteiger partial charge in [-0.3, -0.25) is 0 Å². The van der Waals surface area contributed by atoms with Crippen molar-refractivity contribution in [2.24, 2.45) is 0 Å². The molecule has 0 saturated carbocycles. The molecular weight excluding hydrogens is 464 g/mol. The average Bonchev–Trinajstić information content (AvgIpc) is 2.87. The number of unbranched alkanes of at least 4 members (excludes halogenated alkanes) is 22. The Bertz CT molecular complexity index is 673. The van der Waals surface area contributed by atoms with Crippen molar-refractivity contribution in [1.82, 2.24) is 0 Å². The highest BCUT2D eigenvalue weighted by Crippen LogP contribution is 2.34. The third-order valence-corrected chi connectivity index (χ3v) is 8.29. The van der Waals surface area contributed by atoms with Crippen molar-refractivity contribution in [3.8, 4) is 5.75 Å². The van der Waals surface area contributed by atoms with Crippen molar-refractivity contribution in [1.29, 1.82) is 0 Å². The van der Waals surface area contributed by atoms with Gasteiger partial charge < -0.3 is 10.2 Å². The Hall–Kier alpha value is -1.02. The van der Waals surface area contributed by atoms with Crippen LogP contribution in [-0.2, 0) is 11.8 Å². The lowest BCUT2D eigenvalue weighted by atomic mass is 9.83. The Morgan fingerprint density at radius 1 is 0.500 bits per heavy atom. The first-order chi connectivity index (χ1) is 18.4. The van der Waals surface area contributed by atoms with Gasteiger partial charge in [-0.1, -0.05) is 168 Å². The van der Waals surface area contributed by atoms with Gasteiger partial charge in [0.05, 0.1) is 0 Å². The number of phenolic OH excluding ortho intramolecular Hbond substituents is 1. The second kappa shape index (κ2) is 22.8. The van der Waals surface area contributed by atoms with Crippen LogP contribution in [0.4, 0.5) is 0 Å². The van der Waals surface area contributed by atoms with Crippen LogP contribution in [0.25, 0.3) is 0 Å². The maximum atomic E-state index is 10.4. The highest BCUT2D eigenvalue weighted by Gasteiger charge is 2.20. The molecule has 0 aliphatic carbocycles. The quantitative estimate of drug-likeness (QED) is 0.123. The predicted octanol–water partition coefficient (Wildman–Crippen LogP) is 11.5. The normalized spacial score (nSPS) is 11.9. The van der Waals surface area contributed by atoms with E-state index in [9.17, 15) is 5.11 Å². The molecule has 0 fully saturated rings. The second-order valence-corrected chi connectivity index (χ2v) is 13.2. The summed E-state index contributed by atoms with van der Waals surface area (Å²) in [5.41, 5.74) is 3.49. The SMILES string of the molecule is Cc1cc(CCCCCCCCCCCCCCCCCCCCCCCCCO)cc(C(C)(C)C)c1O. The average molecular weight is 531 g/mol. The summed E-state index contributed by atoms with van der Waals surface area (Å²) >= 11 is 0. The van der Waals surface area contributed by atoms with Crippen LogP contribution in [0.1, 0.15) is 185 Å². The van der Waals surface area contributed by atoms with Crippen molar-refractivity contribution in [3.05, 3.63) is 28.8 Å². The van der Waals surface area contributed by atoms with Crippen molar-refractivity contribution in [2.75, 3.05) is 6.61 Å². The van der Waals surface area contributed by atoms with Gasteiger partial charge in [0, 0.05) is 6.61 Å². The zero-order valence-corrected chi connectivity index (χ0v) is 26.2. The smallest absolute Gasteiger partial charge is 0.122 e. The molecule has 2 N–H and O–H groups in total. The van der Waals surface area contributed by atoms with Crippen LogP contribution in [0.3, 0.4) is 0 Å². The first-order valence-electron chi connectivity index (χ1n) is 16.8. The van der Waals surface area contributed by atoms with E-state index in [0.717, 1.165) is 24.0 Å². The summed E-state index contributed by atoms with van der Waals surface area (Å²) < 4.78 is 0. The minimum absolute atomic E-state index is 0.00739. The summed E-state index contributed by atoms with van der Waals surface area (Å²) in [6.07, 6.45) is 32.9. The molecule has 2 heteroatoms. The van der Waals surface area contributed by atoms with E-state index in [1.54, 1.807) is 0 Å². The van der Waals surface area contributed by atoms with Gasteiger partial charge in [-0.15, -0.1) is 0 Å². The van der Waals surface area contributed by atoms with Crippen LogP contribution in [0.2, 0.25) is 0 Å². The Kier molecular flexibility index (Phi) is 21.0. The number of aliphatic hydroxyl groups is 1. The fourth-order valence-electron chi connectivity index (χ4n) is 5.72. The third kappa shape index (κ3) is 18.3. The lowest BCUT2D eigenvalue weighted by Gasteiger charge is -2.22. The van der Waals surface area contributed by atoms with Gasteiger partial charge in [0.2, 0.25) is 0 Å². The fourth-order valence-corrected chi connectivity index (χ4v) is 5.72. The van der Waals surface area contributed by atoms with Gasteiger partial charge in [-0.05, 0) is 48.3 Å². The fraction of sp³-hybridized carbons (Fsp3) is 0.833. The van der Waals surface area contributed by atoms with E-state index < -0.39 is 0 Å². The summed E-state index contributed by atoms with van der Waals surface area (Å²) in [4.78, 5) is 0.